The van der Waals surface area contributed by atoms with Crippen LogP contribution in [0.5, 0.6) is 0 Å². The topological polar surface area (TPSA) is 73.1 Å². The molecule has 1 heterocycles. The van der Waals surface area contributed by atoms with Crippen LogP contribution >= 0.6 is 0 Å². The molecule has 13 heavy (non-hydrogen) atoms. The number of carbonyl (C=O) groups is 1. The number of nitrogens with zero attached hydrogens (tertiary/aromatic N) is 2. The third-order valence-electron chi connectivity index (χ3n) is 1.73. The number of nitrogens with one attached hydrogen (secondary N) is 1. The van der Waals surface area contributed by atoms with Crippen LogP contribution in [0.1, 0.15) is 0 Å². The summed E-state index contributed by atoms with van der Waals surface area (Å²) in [5.41, 5.74) is -0.927. The van der Waals surface area contributed by atoms with Crippen LogP contribution < -0.4 is 16.6 Å². The molecule has 0 bridgehead atoms. The van der Waals surface area contributed by atoms with Crippen LogP contribution in [-0.4, -0.2) is 15.5 Å². The average Bonchev–Trinajstić information content (AvgIpc) is 2.11. The van der Waals surface area contributed by atoms with Crippen molar-refractivity contribution in [1.29, 1.82) is 0 Å². The van der Waals surface area contributed by atoms with E-state index >= 15 is 0 Å². The molecule has 1 N–H and O–H groups in total. The molecule has 0 aliphatic rings. The molecule has 70 valence electrons. The van der Waals surface area contributed by atoms with Crippen molar-refractivity contribution < 1.29 is 4.79 Å². The Morgan fingerprint density at radius 1 is 1.31 bits per heavy atom. The first-order valence-corrected chi connectivity index (χ1v) is 3.55. The summed E-state index contributed by atoms with van der Waals surface area (Å²) in [5, 5.41) is 2.25. The molecule has 1 aromatic heterocycles. The van der Waals surface area contributed by atoms with E-state index in [1.165, 1.54) is 24.7 Å². The van der Waals surface area contributed by atoms with Crippen molar-refractivity contribution in [2.24, 2.45) is 14.1 Å². The fraction of sp³-hybridized carbons (Fsp3) is 0.286. The van der Waals surface area contributed by atoms with E-state index in [1.54, 1.807) is 0 Å². The number of amides is 1. The molecule has 0 aliphatic heterocycles. The lowest BCUT2D eigenvalue weighted by atomic mass is 10.5. The molecule has 6 heteroatoms. The summed E-state index contributed by atoms with van der Waals surface area (Å²) in [6, 6.07) is 1.18. The molecular formula is C7H9N3O3. The lowest BCUT2D eigenvalue weighted by Gasteiger charge is -2.06. The molecule has 6 nitrogen and oxygen atoms in total. The number of hydrogen-bond donors (Lipinski definition) is 1. The fourth-order valence-corrected chi connectivity index (χ4v) is 0.932. The lowest BCUT2D eigenvalue weighted by molar-refractivity contribution is -0.105. The molecule has 0 spiro atoms. The van der Waals surface area contributed by atoms with Crippen molar-refractivity contribution in [2.45, 2.75) is 0 Å². The minimum Gasteiger partial charge on any atom is -0.314 e. The average molecular weight is 183 g/mol. The highest BCUT2D eigenvalue weighted by Crippen LogP contribution is 1.94. The lowest BCUT2D eigenvalue weighted by Crippen LogP contribution is -2.37. The highest BCUT2D eigenvalue weighted by molar-refractivity contribution is 5.68. The van der Waals surface area contributed by atoms with Crippen molar-refractivity contribution in [1.82, 2.24) is 9.13 Å². The predicted molar refractivity (Wildman–Crippen MR) is 46.6 cm³/mol. The molecule has 0 saturated heterocycles. The van der Waals surface area contributed by atoms with Gasteiger partial charge in [0.15, 0.2) is 0 Å². The molecule has 1 aromatic rings. The van der Waals surface area contributed by atoms with Crippen LogP contribution in [0.4, 0.5) is 5.82 Å². The third kappa shape index (κ3) is 1.51. The maximum Gasteiger partial charge on any atom is 0.332 e. The van der Waals surface area contributed by atoms with Crippen LogP contribution in [0.3, 0.4) is 0 Å². The quantitative estimate of drug-likeness (QED) is 0.576. The number of anilines is 1. The number of rotatable bonds is 2. The maximum atomic E-state index is 11.3. The molecule has 1 rings (SSSR count). The van der Waals surface area contributed by atoms with E-state index in [2.05, 4.69) is 5.32 Å². The zero-order chi connectivity index (χ0) is 10.0. The predicted octanol–water partition coefficient (Wildman–Crippen LogP) is -1.35. The van der Waals surface area contributed by atoms with E-state index in [9.17, 15) is 14.4 Å². The van der Waals surface area contributed by atoms with Gasteiger partial charge in [-0.05, 0) is 0 Å². The second-order valence-corrected chi connectivity index (χ2v) is 2.53. The molecule has 0 atom stereocenters. The highest BCUT2D eigenvalue weighted by atomic mass is 16.2. The summed E-state index contributed by atoms with van der Waals surface area (Å²) >= 11 is 0. The van der Waals surface area contributed by atoms with E-state index in [0.717, 1.165) is 4.57 Å². The summed E-state index contributed by atoms with van der Waals surface area (Å²) in [5.74, 6) is 0.183. The molecule has 0 aromatic carbocycles. The van der Waals surface area contributed by atoms with Gasteiger partial charge in [-0.1, -0.05) is 0 Å². The number of hydrogen-bond acceptors (Lipinski definition) is 3. The van der Waals surface area contributed by atoms with Crippen LogP contribution in [0.25, 0.3) is 0 Å². The Morgan fingerprint density at radius 3 is 2.46 bits per heavy atom. The molecule has 0 fully saturated rings. The first kappa shape index (κ1) is 9.24. The SMILES string of the molecule is Cn1c(NC=O)cc(=O)n(C)c1=O. The summed E-state index contributed by atoms with van der Waals surface area (Å²) in [6.07, 6.45) is 0.411. The van der Waals surface area contributed by atoms with Gasteiger partial charge in [0.1, 0.15) is 5.82 Å². The molecule has 0 unspecified atom stereocenters. The Labute approximate surface area is 73.4 Å². The second kappa shape index (κ2) is 3.26. The molecule has 0 saturated carbocycles. The Hall–Kier alpha value is -1.85. The summed E-state index contributed by atoms with van der Waals surface area (Å²) in [7, 11) is 2.84. The molecular weight excluding hydrogens is 174 g/mol. The van der Waals surface area contributed by atoms with Crippen molar-refractivity contribution >= 4 is 12.2 Å². The van der Waals surface area contributed by atoms with Gasteiger partial charge in [-0.25, -0.2) is 4.79 Å². The zero-order valence-corrected chi connectivity index (χ0v) is 7.27. The van der Waals surface area contributed by atoms with E-state index in [-0.39, 0.29) is 5.82 Å². The van der Waals surface area contributed by atoms with Crippen molar-refractivity contribution in [3.63, 3.8) is 0 Å². The molecule has 1 amide bonds. The van der Waals surface area contributed by atoms with Crippen LogP contribution in [0, 0.1) is 0 Å². The van der Waals surface area contributed by atoms with Gasteiger partial charge in [0.25, 0.3) is 5.56 Å². The van der Waals surface area contributed by atoms with Gasteiger partial charge in [0.2, 0.25) is 6.41 Å². The van der Waals surface area contributed by atoms with Crippen LogP contribution in [-0.2, 0) is 18.9 Å². The number of aromatic nitrogens is 2. The summed E-state index contributed by atoms with van der Waals surface area (Å²) in [6.45, 7) is 0. The maximum absolute atomic E-state index is 11.3. The van der Waals surface area contributed by atoms with E-state index in [0.29, 0.717) is 6.41 Å². The van der Waals surface area contributed by atoms with Crippen molar-refractivity contribution in [2.75, 3.05) is 5.32 Å². The highest BCUT2D eigenvalue weighted by Gasteiger charge is 2.03. The second-order valence-electron chi connectivity index (χ2n) is 2.53. The van der Waals surface area contributed by atoms with Gasteiger partial charge in [0.05, 0.1) is 0 Å². The minimum absolute atomic E-state index is 0.183. The third-order valence-corrected chi connectivity index (χ3v) is 1.73. The van der Waals surface area contributed by atoms with Crippen LogP contribution in [0.15, 0.2) is 15.7 Å². The molecule has 0 radical (unpaired) electrons. The van der Waals surface area contributed by atoms with Crippen molar-refractivity contribution in [3.05, 3.63) is 26.9 Å². The first-order chi connectivity index (χ1) is 6.07. The van der Waals surface area contributed by atoms with Gasteiger partial charge >= 0.3 is 5.69 Å². The largest absolute Gasteiger partial charge is 0.332 e. The zero-order valence-electron chi connectivity index (χ0n) is 7.27. The van der Waals surface area contributed by atoms with Gasteiger partial charge in [-0.15, -0.1) is 0 Å². The van der Waals surface area contributed by atoms with Gasteiger partial charge in [-0.3, -0.25) is 18.7 Å². The van der Waals surface area contributed by atoms with Crippen molar-refractivity contribution in [3.8, 4) is 0 Å². The van der Waals surface area contributed by atoms with E-state index in [4.69, 9.17) is 0 Å². The first-order valence-electron chi connectivity index (χ1n) is 3.55. The monoisotopic (exact) mass is 183 g/mol. The van der Waals surface area contributed by atoms with Crippen LogP contribution in [0.2, 0.25) is 0 Å². The van der Waals surface area contributed by atoms with Gasteiger partial charge in [-0.2, -0.15) is 0 Å². The molecule has 0 aliphatic carbocycles. The smallest absolute Gasteiger partial charge is 0.314 e. The van der Waals surface area contributed by atoms with Gasteiger partial charge < -0.3 is 5.32 Å². The van der Waals surface area contributed by atoms with Gasteiger partial charge in [0, 0.05) is 20.2 Å². The Morgan fingerprint density at radius 2 is 1.92 bits per heavy atom. The Bertz CT molecular complexity index is 443. The van der Waals surface area contributed by atoms with E-state index in [1.807, 2.05) is 0 Å². The Balaban J connectivity index is 3.50. The summed E-state index contributed by atoms with van der Waals surface area (Å²) < 4.78 is 2.13. The number of carbonyl (C=O) groups excluding carboxylic acids is 1. The fourth-order valence-electron chi connectivity index (χ4n) is 0.932. The Kier molecular flexibility index (Phi) is 2.32. The standard InChI is InChI=1S/C7H9N3O3/c1-9-5(8-4-11)3-6(12)10(2)7(9)13/h3-4H,1-2H3,(H,8,11). The summed E-state index contributed by atoms with van der Waals surface area (Å²) in [4.78, 5) is 32.4. The minimum atomic E-state index is -0.475. The van der Waals surface area contributed by atoms with E-state index < -0.39 is 11.2 Å². The normalized spacial score (nSPS) is 9.69.